The fourth-order valence-corrected chi connectivity index (χ4v) is 1.18. The Morgan fingerprint density at radius 1 is 1.89 bits per heavy atom. The van der Waals surface area contributed by atoms with Crippen molar-refractivity contribution < 1.29 is 0 Å². The number of rotatable bonds is 1. The predicted molar refractivity (Wildman–Crippen MR) is 43.6 cm³/mol. The first-order valence-electron chi connectivity index (χ1n) is 3.30. The molecule has 50 valence electrons. The van der Waals surface area contributed by atoms with Gasteiger partial charge in [0, 0.05) is 6.04 Å². The third kappa shape index (κ3) is 1.79. The summed E-state index contributed by atoms with van der Waals surface area (Å²) in [6, 6.07) is 0.586. The van der Waals surface area contributed by atoms with Gasteiger partial charge in [-0.3, -0.25) is 0 Å². The van der Waals surface area contributed by atoms with Gasteiger partial charge in [-0.1, -0.05) is 25.2 Å². The topological polar surface area (TPSA) is 12.0 Å². The molecular formula is C7H11NS. The Labute approximate surface area is 61.1 Å². The van der Waals surface area contributed by atoms with Crippen LogP contribution in [0, 0.1) is 0 Å². The zero-order chi connectivity index (χ0) is 6.69. The Bertz CT molecular complexity index is 140. The molecule has 9 heavy (non-hydrogen) atoms. The van der Waals surface area contributed by atoms with Crippen LogP contribution in [0.25, 0.3) is 0 Å². The minimum atomic E-state index is 0.586. The van der Waals surface area contributed by atoms with Crippen molar-refractivity contribution >= 4 is 17.2 Å². The van der Waals surface area contributed by atoms with Crippen LogP contribution >= 0.6 is 12.2 Å². The molecule has 0 bridgehead atoms. The van der Waals surface area contributed by atoms with Crippen LogP contribution in [0.15, 0.2) is 12.2 Å². The van der Waals surface area contributed by atoms with Gasteiger partial charge < -0.3 is 5.32 Å². The van der Waals surface area contributed by atoms with Gasteiger partial charge in [-0.15, -0.1) is 0 Å². The predicted octanol–water partition coefficient (Wildman–Crippen LogP) is 1.64. The van der Waals surface area contributed by atoms with E-state index in [1.165, 1.54) is 0 Å². The Morgan fingerprint density at radius 2 is 2.67 bits per heavy atom. The fraction of sp³-hybridized carbons (Fsp3) is 0.571. The molecule has 0 aromatic rings. The van der Waals surface area contributed by atoms with Gasteiger partial charge in [-0.25, -0.2) is 0 Å². The van der Waals surface area contributed by atoms with E-state index in [1.807, 2.05) is 6.08 Å². The van der Waals surface area contributed by atoms with E-state index >= 15 is 0 Å². The van der Waals surface area contributed by atoms with Gasteiger partial charge in [0.25, 0.3) is 0 Å². The summed E-state index contributed by atoms with van der Waals surface area (Å²) >= 11 is 4.95. The van der Waals surface area contributed by atoms with Crippen LogP contribution in [0.2, 0.25) is 0 Å². The number of nitrogens with one attached hydrogen (secondary N) is 1. The summed E-state index contributed by atoms with van der Waals surface area (Å²) in [5.41, 5.74) is 0. The van der Waals surface area contributed by atoms with Crippen LogP contribution in [-0.2, 0) is 0 Å². The molecular weight excluding hydrogens is 130 g/mol. The van der Waals surface area contributed by atoms with Crippen LogP contribution in [0.3, 0.4) is 0 Å². The normalized spacial score (nSPS) is 25.9. The van der Waals surface area contributed by atoms with Crippen molar-refractivity contribution in [2.24, 2.45) is 0 Å². The van der Waals surface area contributed by atoms with Gasteiger partial charge >= 0.3 is 0 Å². The van der Waals surface area contributed by atoms with E-state index in [4.69, 9.17) is 12.2 Å². The fourth-order valence-electron chi connectivity index (χ4n) is 0.916. The maximum Gasteiger partial charge on any atom is 0.0987 e. The van der Waals surface area contributed by atoms with Gasteiger partial charge in [0.2, 0.25) is 0 Å². The van der Waals surface area contributed by atoms with Crippen LogP contribution in [0.5, 0.6) is 0 Å². The maximum atomic E-state index is 4.95. The first-order valence-corrected chi connectivity index (χ1v) is 3.70. The molecule has 2 heteroatoms. The molecule has 1 heterocycles. The van der Waals surface area contributed by atoms with Crippen molar-refractivity contribution in [1.29, 1.82) is 0 Å². The molecule has 0 saturated carbocycles. The van der Waals surface area contributed by atoms with Gasteiger partial charge in [-0.2, -0.15) is 0 Å². The van der Waals surface area contributed by atoms with Gasteiger partial charge in [0.15, 0.2) is 0 Å². The zero-order valence-electron chi connectivity index (χ0n) is 5.55. The molecule has 0 aromatic carbocycles. The van der Waals surface area contributed by atoms with Gasteiger partial charge in [-0.05, 0) is 18.9 Å². The summed E-state index contributed by atoms with van der Waals surface area (Å²) < 4.78 is 0. The molecule has 0 radical (unpaired) electrons. The molecule has 1 aliphatic heterocycles. The average Bonchev–Trinajstić information content (AvgIpc) is 1.88. The summed E-state index contributed by atoms with van der Waals surface area (Å²) in [6.45, 7) is 2.17. The smallest absolute Gasteiger partial charge is 0.0987 e. The lowest BCUT2D eigenvalue weighted by Gasteiger charge is -2.18. The van der Waals surface area contributed by atoms with E-state index in [0.29, 0.717) is 6.04 Å². The molecule has 1 unspecified atom stereocenters. The SMILES string of the molecule is CCC1CC=CC(=S)N1. The third-order valence-corrected chi connectivity index (χ3v) is 1.78. The van der Waals surface area contributed by atoms with Crippen LogP contribution in [-0.4, -0.2) is 11.0 Å². The van der Waals surface area contributed by atoms with Crippen molar-refractivity contribution in [3.05, 3.63) is 12.2 Å². The van der Waals surface area contributed by atoms with E-state index in [0.717, 1.165) is 17.8 Å². The van der Waals surface area contributed by atoms with Crippen LogP contribution < -0.4 is 5.32 Å². The van der Waals surface area contributed by atoms with Crippen LogP contribution in [0.1, 0.15) is 19.8 Å². The van der Waals surface area contributed by atoms with Gasteiger partial charge in [0.05, 0.1) is 4.99 Å². The van der Waals surface area contributed by atoms with E-state index < -0.39 is 0 Å². The van der Waals surface area contributed by atoms with Crippen molar-refractivity contribution in [2.75, 3.05) is 0 Å². The maximum absolute atomic E-state index is 4.95. The number of hydrogen-bond donors (Lipinski definition) is 1. The molecule has 1 aliphatic rings. The lowest BCUT2D eigenvalue weighted by atomic mass is 10.1. The average molecular weight is 141 g/mol. The molecule has 0 spiro atoms. The minimum absolute atomic E-state index is 0.586. The zero-order valence-corrected chi connectivity index (χ0v) is 6.37. The Hall–Kier alpha value is -0.370. The van der Waals surface area contributed by atoms with E-state index in [2.05, 4.69) is 18.3 Å². The van der Waals surface area contributed by atoms with E-state index in [1.54, 1.807) is 0 Å². The first-order chi connectivity index (χ1) is 4.33. The van der Waals surface area contributed by atoms with Crippen molar-refractivity contribution in [1.82, 2.24) is 5.32 Å². The minimum Gasteiger partial charge on any atom is -0.373 e. The summed E-state index contributed by atoms with van der Waals surface area (Å²) in [6.07, 6.45) is 6.37. The summed E-state index contributed by atoms with van der Waals surface area (Å²) in [5, 5.41) is 3.21. The molecule has 0 amide bonds. The Kier molecular flexibility index (Phi) is 2.22. The molecule has 1 rings (SSSR count). The second-order valence-corrected chi connectivity index (χ2v) is 2.69. The van der Waals surface area contributed by atoms with Crippen molar-refractivity contribution in [2.45, 2.75) is 25.8 Å². The summed E-state index contributed by atoms with van der Waals surface area (Å²) in [5.74, 6) is 0. The number of thiocarbonyl (C=S) groups is 1. The van der Waals surface area contributed by atoms with E-state index in [9.17, 15) is 0 Å². The highest BCUT2D eigenvalue weighted by molar-refractivity contribution is 7.80. The largest absolute Gasteiger partial charge is 0.373 e. The lowest BCUT2D eigenvalue weighted by Crippen LogP contribution is -2.34. The first kappa shape index (κ1) is 6.75. The Balaban J connectivity index is 2.47. The standard InChI is InChI=1S/C7H11NS/c1-2-6-4-3-5-7(9)8-6/h3,5-6H,2,4H2,1H3,(H,8,9). The molecule has 1 N–H and O–H groups in total. The van der Waals surface area contributed by atoms with Crippen molar-refractivity contribution in [3.8, 4) is 0 Å². The molecule has 1 atom stereocenters. The van der Waals surface area contributed by atoms with Crippen molar-refractivity contribution in [3.63, 3.8) is 0 Å². The quantitative estimate of drug-likeness (QED) is 0.557. The molecule has 0 fully saturated rings. The monoisotopic (exact) mass is 141 g/mol. The van der Waals surface area contributed by atoms with E-state index in [-0.39, 0.29) is 0 Å². The summed E-state index contributed by atoms with van der Waals surface area (Å²) in [7, 11) is 0. The molecule has 0 saturated heterocycles. The lowest BCUT2D eigenvalue weighted by molar-refractivity contribution is 0.592. The number of hydrogen-bond acceptors (Lipinski definition) is 1. The van der Waals surface area contributed by atoms with Gasteiger partial charge in [0.1, 0.15) is 0 Å². The highest BCUT2D eigenvalue weighted by Crippen LogP contribution is 2.03. The molecule has 0 aromatic heterocycles. The summed E-state index contributed by atoms with van der Waals surface area (Å²) in [4.78, 5) is 0.883. The molecule has 1 nitrogen and oxygen atoms in total. The highest BCUT2D eigenvalue weighted by atomic mass is 32.1. The Morgan fingerprint density at radius 3 is 3.11 bits per heavy atom. The second-order valence-electron chi connectivity index (χ2n) is 2.25. The second kappa shape index (κ2) is 2.97. The van der Waals surface area contributed by atoms with Crippen LogP contribution in [0.4, 0.5) is 0 Å². The molecule has 0 aliphatic carbocycles. The highest BCUT2D eigenvalue weighted by Gasteiger charge is 2.07. The third-order valence-electron chi connectivity index (χ3n) is 1.53.